The van der Waals surface area contributed by atoms with Crippen molar-refractivity contribution >= 4 is 21.7 Å². The number of hydrogen-bond donors (Lipinski definition) is 1. The molecule has 11 heteroatoms. The van der Waals surface area contributed by atoms with Gasteiger partial charge in [0.25, 0.3) is 0 Å². The summed E-state index contributed by atoms with van der Waals surface area (Å²) in [4.78, 5) is 19.9. The van der Waals surface area contributed by atoms with Crippen LogP contribution in [0.5, 0.6) is 0 Å². The van der Waals surface area contributed by atoms with Crippen molar-refractivity contribution in [3.63, 3.8) is 0 Å². The van der Waals surface area contributed by atoms with Crippen LogP contribution < -0.4 is 9.62 Å². The Balaban J connectivity index is 1.57. The minimum absolute atomic E-state index is 0.0721. The molecule has 7 nitrogen and oxygen atoms in total. The van der Waals surface area contributed by atoms with Crippen LogP contribution >= 0.6 is 0 Å². The summed E-state index contributed by atoms with van der Waals surface area (Å²) in [7, 11) is -3.82. The Morgan fingerprint density at radius 2 is 1.70 bits per heavy atom. The molecule has 1 fully saturated rings. The fourth-order valence-corrected chi connectivity index (χ4v) is 4.34. The van der Waals surface area contributed by atoms with E-state index in [-0.39, 0.29) is 10.8 Å². The first kappa shape index (κ1) is 22.0. The smallest absolute Gasteiger partial charge is 0.353 e. The number of nitrogens with zero attached hydrogens (tertiary/aromatic N) is 3. The van der Waals surface area contributed by atoms with Gasteiger partial charge in [-0.2, -0.15) is 17.9 Å². The van der Waals surface area contributed by atoms with Crippen molar-refractivity contribution in [1.82, 2.24) is 14.6 Å². The summed E-state index contributed by atoms with van der Waals surface area (Å²) < 4.78 is 65.1. The van der Waals surface area contributed by atoms with E-state index in [1.165, 1.54) is 30.0 Å². The number of amides is 1. The largest absolute Gasteiger partial charge is 0.417 e. The van der Waals surface area contributed by atoms with Gasteiger partial charge in [-0.15, -0.1) is 0 Å². The summed E-state index contributed by atoms with van der Waals surface area (Å²) >= 11 is 0. The summed E-state index contributed by atoms with van der Waals surface area (Å²) in [5.74, 6) is 0.0301. The van der Waals surface area contributed by atoms with Gasteiger partial charge in [-0.1, -0.05) is 18.2 Å². The number of hydrogen-bond acceptors (Lipinski definition) is 5. The number of pyridine rings is 1. The third-order valence-corrected chi connectivity index (χ3v) is 6.30. The van der Waals surface area contributed by atoms with Gasteiger partial charge >= 0.3 is 6.18 Å². The van der Waals surface area contributed by atoms with Crippen LogP contribution in [-0.2, 0) is 21.0 Å². The number of benzene rings is 1. The van der Waals surface area contributed by atoms with Crippen LogP contribution in [0, 0.1) is 0 Å². The van der Waals surface area contributed by atoms with E-state index in [1.54, 1.807) is 23.1 Å². The summed E-state index contributed by atoms with van der Waals surface area (Å²) in [5, 5.41) is 0. The Kier molecular flexibility index (Phi) is 6.32. The second-order valence-electron chi connectivity index (χ2n) is 6.87. The summed E-state index contributed by atoms with van der Waals surface area (Å²) in [6.07, 6.45) is -3.66. The van der Waals surface area contributed by atoms with Crippen LogP contribution in [0.4, 0.5) is 19.0 Å². The lowest BCUT2D eigenvalue weighted by Crippen LogP contribution is -2.54. The first-order chi connectivity index (χ1) is 14.1. The molecule has 1 aromatic carbocycles. The molecule has 1 aliphatic rings. The Hall–Kier alpha value is -2.66. The van der Waals surface area contributed by atoms with Gasteiger partial charge in [-0.05, 0) is 31.2 Å². The summed E-state index contributed by atoms with van der Waals surface area (Å²) in [6, 6.07) is 9.08. The third-order valence-electron chi connectivity index (χ3n) is 4.75. The molecule has 1 aliphatic heterocycles. The lowest BCUT2D eigenvalue weighted by atomic mass is 10.2. The van der Waals surface area contributed by atoms with Crippen molar-refractivity contribution < 1.29 is 26.4 Å². The highest BCUT2D eigenvalue weighted by Crippen LogP contribution is 2.29. The van der Waals surface area contributed by atoms with Crippen molar-refractivity contribution in [3.05, 3.63) is 54.2 Å². The lowest BCUT2D eigenvalue weighted by molar-refractivity contribution is -0.138. The maximum absolute atomic E-state index is 12.7. The molecule has 162 valence electrons. The molecule has 1 atom stereocenters. The third kappa shape index (κ3) is 5.08. The van der Waals surface area contributed by atoms with Crippen molar-refractivity contribution in [2.45, 2.75) is 24.0 Å². The maximum Gasteiger partial charge on any atom is 0.417 e. The minimum atomic E-state index is -4.44. The van der Waals surface area contributed by atoms with Crippen LogP contribution in [0.15, 0.2) is 53.6 Å². The van der Waals surface area contributed by atoms with E-state index in [2.05, 4.69) is 9.71 Å². The van der Waals surface area contributed by atoms with Crippen molar-refractivity contribution in [3.8, 4) is 0 Å². The predicted molar refractivity (Wildman–Crippen MR) is 104 cm³/mol. The molecule has 1 amide bonds. The molecule has 0 bridgehead atoms. The van der Waals surface area contributed by atoms with E-state index in [4.69, 9.17) is 0 Å². The molecule has 2 aromatic rings. The van der Waals surface area contributed by atoms with Crippen molar-refractivity contribution in [2.75, 3.05) is 31.1 Å². The van der Waals surface area contributed by atoms with E-state index in [0.717, 1.165) is 12.3 Å². The molecular weight excluding hydrogens is 421 g/mol. The number of alkyl halides is 3. The second-order valence-corrected chi connectivity index (χ2v) is 8.59. The standard InChI is InChI=1S/C19H21F3N4O3S/c1-14(24-30(28,29)16-5-3-2-4-6-16)18(27)26-11-9-25(10-12-26)17-8-7-15(13-23-17)19(20,21)22/h2-8,13-14,24H,9-12H2,1H3. The predicted octanol–water partition coefficient (Wildman–Crippen LogP) is 2.12. The van der Waals surface area contributed by atoms with Crippen LogP contribution in [0.3, 0.4) is 0 Å². The average Bonchev–Trinajstić information content (AvgIpc) is 2.73. The van der Waals surface area contributed by atoms with Crippen LogP contribution in [0.25, 0.3) is 0 Å². The van der Waals surface area contributed by atoms with E-state index in [9.17, 15) is 26.4 Å². The normalized spacial score (nSPS) is 16.4. The first-order valence-electron chi connectivity index (χ1n) is 9.22. The molecule has 0 saturated carbocycles. The fourth-order valence-electron chi connectivity index (χ4n) is 3.12. The average molecular weight is 442 g/mol. The van der Waals surface area contributed by atoms with Gasteiger partial charge in [0.1, 0.15) is 5.82 Å². The Bertz CT molecular complexity index is 974. The van der Waals surface area contributed by atoms with Gasteiger partial charge in [-0.25, -0.2) is 13.4 Å². The monoisotopic (exact) mass is 442 g/mol. The number of carbonyl (C=O) groups excluding carboxylic acids is 1. The SMILES string of the molecule is CC(NS(=O)(=O)c1ccccc1)C(=O)N1CCN(c2ccc(C(F)(F)F)cn2)CC1. The number of sulfonamides is 1. The number of rotatable bonds is 5. The summed E-state index contributed by atoms with van der Waals surface area (Å²) in [6.45, 7) is 2.84. The molecule has 3 rings (SSSR count). The Morgan fingerprint density at radius 3 is 2.23 bits per heavy atom. The number of piperazine rings is 1. The van der Waals surface area contributed by atoms with E-state index in [1.807, 2.05) is 0 Å². The minimum Gasteiger partial charge on any atom is -0.353 e. The molecule has 0 spiro atoms. The number of anilines is 1. The van der Waals surface area contributed by atoms with E-state index >= 15 is 0 Å². The van der Waals surface area contributed by atoms with Crippen LogP contribution in [0.2, 0.25) is 0 Å². The highest BCUT2D eigenvalue weighted by atomic mass is 32.2. The van der Waals surface area contributed by atoms with Crippen LogP contribution in [0.1, 0.15) is 12.5 Å². The number of nitrogens with one attached hydrogen (secondary N) is 1. The molecule has 0 radical (unpaired) electrons. The zero-order valence-corrected chi connectivity index (χ0v) is 16.9. The molecule has 2 heterocycles. The number of carbonyl (C=O) groups is 1. The first-order valence-corrected chi connectivity index (χ1v) is 10.7. The highest BCUT2D eigenvalue weighted by Gasteiger charge is 2.32. The van der Waals surface area contributed by atoms with E-state index < -0.39 is 27.8 Å². The van der Waals surface area contributed by atoms with Gasteiger partial charge in [0.15, 0.2) is 0 Å². The van der Waals surface area contributed by atoms with Gasteiger partial charge in [0, 0.05) is 32.4 Å². The number of aromatic nitrogens is 1. The zero-order valence-electron chi connectivity index (χ0n) is 16.1. The van der Waals surface area contributed by atoms with Crippen LogP contribution in [-0.4, -0.2) is 56.4 Å². The second kappa shape index (κ2) is 8.60. The van der Waals surface area contributed by atoms with Gasteiger partial charge in [-0.3, -0.25) is 4.79 Å². The summed E-state index contributed by atoms with van der Waals surface area (Å²) in [5.41, 5.74) is -0.820. The van der Waals surface area contributed by atoms with E-state index in [0.29, 0.717) is 32.0 Å². The van der Waals surface area contributed by atoms with Gasteiger partial charge < -0.3 is 9.80 Å². The Morgan fingerprint density at radius 1 is 1.07 bits per heavy atom. The fraction of sp³-hybridized carbons (Fsp3) is 0.368. The molecule has 1 aromatic heterocycles. The molecular formula is C19H21F3N4O3S. The molecule has 30 heavy (non-hydrogen) atoms. The van der Waals surface area contributed by atoms with Gasteiger partial charge in [0.05, 0.1) is 16.5 Å². The Labute approximate surface area is 172 Å². The molecule has 1 N–H and O–H groups in total. The molecule has 0 aliphatic carbocycles. The highest BCUT2D eigenvalue weighted by molar-refractivity contribution is 7.89. The van der Waals surface area contributed by atoms with Gasteiger partial charge in [0.2, 0.25) is 15.9 Å². The molecule has 1 saturated heterocycles. The lowest BCUT2D eigenvalue weighted by Gasteiger charge is -2.36. The van der Waals surface area contributed by atoms with Crippen molar-refractivity contribution in [2.24, 2.45) is 0 Å². The molecule has 1 unspecified atom stereocenters. The number of halogens is 3. The van der Waals surface area contributed by atoms with Crippen molar-refractivity contribution in [1.29, 1.82) is 0 Å². The maximum atomic E-state index is 12.7. The topological polar surface area (TPSA) is 82.6 Å². The zero-order chi connectivity index (χ0) is 21.9. The quantitative estimate of drug-likeness (QED) is 0.767.